The first-order valence-electron chi connectivity index (χ1n) is 4.10. The Balaban J connectivity index is 3.92. The lowest BCUT2D eigenvalue weighted by atomic mass is 10.2. The molecule has 4 nitrogen and oxygen atoms in total. The molecule has 0 saturated heterocycles. The van der Waals surface area contributed by atoms with Crippen LogP contribution >= 0.6 is 0 Å². The second-order valence-electron chi connectivity index (χ2n) is 2.86. The summed E-state index contributed by atoms with van der Waals surface area (Å²) in [4.78, 5) is 10.0. The Morgan fingerprint density at radius 3 is 2.46 bits per heavy atom. The van der Waals surface area contributed by atoms with E-state index in [9.17, 15) is 10.1 Å². The standard InChI is InChI=1S/C9H15NO3/c1-5-9(10(11)12)6-13-8(4)7(2)3/h9H,2,4-6H2,1,3H3. The number of rotatable bonds is 6. The van der Waals surface area contributed by atoms with Gasteiger partial charge < -0.3 is 4.74 Å². The van der Waals surface area contributed by atoms with Gasteiger partial charge >= 0.3 is 0 Å². The van der Waals surface area contributed by atoms with Gasteiger partial charge in [-0.3, -0.25) is 10.1 Å². The van der Waals surface area contributed by atoms with Crippen molar-refractivity contribution in [2.24, 2.45) is 0 Å². The molecule has 0 amide bonds. The molecule has 0 fully saturated rings. The molecule has 0 aliphatic heterocycles. The largest absolute Gasteiger partial charge is 0.487 e. The molecule has 0 aliphatic carbocycles. The van der Waals surface area contributed by atoms with Gasteiger partial charge in [0, 0.05) is 11.3 Å². The Morgan fingerprint density at radius 1 is 1.62 bits per heavy atom. The van der Waals surface area contributed by atoms with Gasteiger partial charge in [0.05, 0.1) is 0 Å². The zero-order valence-corrected chi connectivity index (χ0v) is 8.08. The molecule has 0 heterocycles. The molecule has 4 heteroatoms. The van der Waals surface area contributed by atoms with Gasteiger partial charge in [-0.05, 0) is 12.5 Å². The van der Waals surface area contributed by atoms with Crippen LogP contribution < -0.4 is 0 Å². The first-order chi connectivity index (χ1) is 5.99. The molecule has 0 aromatic carbocycles. The topological polar surface area (TPSA) is 52.4 Å². The van der Waals surface area contributed by atoms with Crippen molar-refractivity contribution in [1.82, 2.24) is 0 Å². The van der Waals surface area contributed by atoms with Crippen molar-refractivity contribution in [2.45, 2.75) is 26.3 Å². The van der Waals surface area contributed by atoms with Crippen LogP contribution in [-0.2, 0) is 4.74 Å². The van der Waals surface area contributed by atoms with E-state index < -0.39 is 6.04 Å². The Hall–Kier alpha value is -1.32. The first-order valence-corrected chi connectivity index (χ1v) is 4.10. The van der Waals surface area contributed by atoms with Crippen molar-refractivity contribution < 1.29 is 9.66 Å². The molecule has 0 N–H and O–H groups in total. The summed E-state index contributed by atoms with van der Waals surface area (Å²) in [6.45, 7) is 10.7. The van der Waals surface area contributed by atoms with Crippen LogP contribution in [0.25, 0.3) is 0 Å². The molecule has 1 atom stereocenters. The molecule has 0 aliphatic rings. The lowest BCUT2D eigenvalue weighted by molar-refractivity contribution is -0.526. The Bertz CT molecular complexity index is 223. The summed E-state index contributed by atoms with van der Waals surface area (Å²) in [7, 11) is 0. The van der Waals surface area contributed by atoms with E-state index in [1.165, 1.54) is 0 Å². The molecule has 0 saturated carbocycles. The van der Waals surface area contributed by atoms with Crippen LogP contribution in [-0.4, -0.2) is 17.6 Å². The molecule has 0 aromatic heterocycles. The highest BCUT2D eigenvalue weighted by Crippen LogP contribution is 2.07. The van der Waals surface area contributed by atoms with E-state index in [4.69, 9.17) is 4.74 Å². The molecule has 13 heavy (non-hydrogen) atoms. The van der Waals surface area contributed by atoms with Crippen LogP contribution in [0.15, 0.2) is 24.5 Å². The maximum absolute atomic E-state index is 10.4. The quantitative estimate of drug-likeness (QED) is 0.276. The number of nitrogens with zero attached hydrogens (tertiary/aromatic N) is 1. The van der Waals surface area contributed by atoms with Gasteiger partial charge in [-0.15, -0.1) is 0 Å². The Morgan fingerprint density at radius 2 is 2.15 bits per heavy atom. The predicted molar refractivity (Wildman–Crippen MR) is 51.0 cm³/mol. The summed E-state index contributed by atoms with van der Waals surface area (Å²) >= 11 is 0. The SMILES string of the molecule is C=C(C)C(=C)OCC(CC)[N+](=O)[O-]. The van der Waals surface area contributed by atoms with Gasteiger partial charge in [0.1, 0.15) is 5.76 Å². The van der Waals surface area contributed by atoms with E-state index in [0.717, 1.165) is 0 Å². The minimum atomic E-state index is -0.656. The summed E-state index contributed by atoms with van der Waals surface area (Å²) < 4.78 is 5.08. The highest BCUT2D eigenvalue weighted by molar-refractivity contribution is 5.15. The second kappa shape index (κ2) is 5.35. The van der Waals surface area contributed by atoms with Crippen LogP contribution in [0.4, 0.5) is 0 Å². The Kier molecular flexibility index (Phi) is 4.80. The number of allylic oxidation sites excluding steroid dienone is 1. The fraction of sp³-hybridized carbons (Fsp3) is 0.556. The molecule has 0 radical (unpaired) electrons. The average Bonchev–Trinajstić information content (AvgIpc) is 2.04. The van der Waals surface area contributed by atoms with Crippen molar-refractivity contribution in [3.05, 3.63) is 34.6 Å². The van der Waals surface area contributed by atoms with Crippen LogP contribution in [0.1, 0.15) is 20.3 Å². The number of hydrogen-bond acceptors (Lipinski definition) is 3. The van der Waals surface area contributed by atoms with E-state index in [0.29, 0.717) is 17.8 Å². The van der Waals surface area contributed by atoms with E-state index >= 15 is 0 Å². The zero-order valence-electron chi connectivity index (χ0n) is 8.08. The van der Waals surface area contributed by atoms with E-state index in [2.05, 4.69) is 13.2 Å². The minimum absolute atomic E-state index is 0.0647. The monoisotopic (exact) mass is 185 g/mol. The zero-order chi connectivity index (χ0) is 10.4. The fourth-order valence-electron chi connectivity index (χ4n) is 0.648. The summed E-state index contributed by atoms with van der Waals surface area (Å²) in [5.74, 6) is 0.417. The average molecular weight is 185 g/mol. The van der Waals surface area contributed by atoms with Crippen LogP contribution in [0.5, 0.6) is 0 Å². The minimum Gasteiger partial charge on any atom is -0.487 e. The van der Waals surface area contributed by atoms with Gasteiger partial charge in [-0.25, -0.2) is 0 Å². The molecule has 0 spiro atoms. The summed E-state index contributed by atoms with van der Waals surface area (Å²) in [5.41, 5.74) is 0.693. The predicted octanol–water partition coefficient (Wildman–Crippen LogP) is 2.15. The maximum atomic E-state index is 10.4. The van der Waals surface area contributed by atoms with Crippen LogP contribution in [0.2, 0.25) is 0 Å². The first kappa shape index (κ1) is 11.7. The van der Waals surface area contributed by atoms with Gasteiger partial charge in [-0.1, -0.05) is 20.1 Å². The molecule has 1 unspecified atom stereocenters. The third kappa shape index (κ3) is 4.30. The summed E-state index contributed by atoms with van der Waals surface area (Å²) in [6.07, 6.45) is 0.455. The number of ether oxygens (including phenoxy) is 1. The number of nitro groups is 1. The van der Waals surface area contributed by atoms with Gasteiger partial charge in [0.25, 0.3) is 0 Å². The smallest absolute Gasteiger partial charge is 0.246 e. The van der Waals surface area contributed by atoms with Crippen molar-refractivity contribution >= 4 is 0 Å². The van der Waals surface area contributed by atoms with E-state index in [1.807, 2.05) is 0 Å². The maximum Gasteiger partial charge on any atom is 0.246 e. The van der Waals surface area contributed by atoms with Crippen molar-refractivity contribution in [1.29, 1.82) is 0 Å². The van der Waals surface area contributed by atoms with E-state index in [-0.39, 0.29) is 11.5 Å². The fourth-order valence-corrected chi connectivity index (χ4v) is 0.648. The van der Waals surface area contributed by atoms with Gasteiger partial charge in [0.15, 0.2) is 6.61 Å². The molecule has 0 aromatic rings. The third-order valence-corrected chi connectivity index (χ3v) is 1.70. The summed E-state index contributed by atoms with van der Waals surface area (Å²) in [5, 5.41) is 10.4. The lowest BCUT2D eigenvalue weighted by Gasteiger charge is -2.10. The van der Waals surface area contributed by atoms with Gasteiger partial charge in [-0.2, -0.15) is 0 Å². The lowest BCUT2D eigenvalue weighted by Crippen LogP contribution is -2.24. The summed E-state index contributed by atoms with van der Waals surface area (Å²) in [6, 6.07) is -0.656. The van der Waals surface area contributed by atoms with Gasteiger partial charge in [0.2, 0.25) is 6.04 Å². The van der Waals surface area contributed by atoms with Crippen LogP contribution in [0, 0.1) is 10.1 Å². The molecular weight excluding hydrogens is 170 g/mol. The normalized spacial score (nSPS) is 11.8. The highest BCUT2D eigenvalue weighted by atomic mass is 16.6. The molecule has 74 valence electrons. The van der Waals surface area contributed by atoms with E-state index in [1.54, 1.807) is 13.8 Å². The van der Waals surface area contributed by atoms with Crippen molar-refractivity contribution in [3.8, 4) is 0 Å². The molecular formula is C9H15NO3. The van der Waals surface area contributed by atoms with Crippen LogP contribution in [0.3, 0.4) is 0 Å². The Labute approximate surface area is 78.0 Å². The van der Waals surface area contributed by atoms with Crippen molar-refractivity contribution in [2.75, 3.05) is 6.61 Å². The number of hydrogen-bond donors (Lipinski definition) is 0. The second-order valence-corrected chi connectivity index (χ2v) is 2.86. The third-order valence-electron chi connectivity index (χ3n) is 1.70. The highest BCUT2D eigenvalue weighted by Gasteiger charge is 2.18. The molecule has 0 bridgehead atoms. The molecule has 0 rings (SSSR count). The van der Waals surface area contributed by atoms with Crippen molar-refractivity contribution in [3.63, 3.8) is 0 Å².